The van der Waals surface area contributed by atoms with Gasteiger partial charge in [0.15, 0.2) is 0 Å². The van der Waals surface area contributed by atoms with E-state index >= 15 is 0 Å². The summed E-state index contributed by atoms with van der Waals surface area (Å²) in [6.07, 6.45) is 1.91. The van der Waals surface area contributed by atoms with Crippen molar-refractivity contribution in [2.24, 2.45) is 18.9 Å². The number of nitrogens with one attached hydrogen (secondary N) is 1. The summed E-state index contributed by atoms with van der Waals surface area (Å²) in [5, 5.41) is 16.2. The predicted octanol–water partition coefficient (Wildman–Crippen LogP) is 3.59. The molecule has 0 spiro atoms. The molecule has 2 N–H and O–H groups in total. The number of pyridine rings is 1. The Labute approximate surface area is 264 Å². The van der Waals surface area contributed by atoms with Gasteiger partial charge >= 0.3 is 5.97 Å². The van der Waals surface area contributed by atoms with Crippen molar-refractivity contribution >= 4 is 28.6 Å². The number of aliphatic carboxylic acids is 1. The number of fused-ring (bicyclic) bond motifs is 2. The third-order valence-electron chi connectivity index (χ3n) is 9.65. The first-order valence-electron chi connectivity index (χ1n) is 15.3. The van der Waals surface area contributed by atoms with Crippen molar-refractivity contribution in [3.63, 3.8) is 0 Å². The molecule has 7 rings (SSSR count). The Bertz CT molecular complexity index is 2050. The van der Waals surface area contributed by atoms with Crippen LogP contribution >= 0.6 is 0 Å². The Morgan fingerprint density at radius 3 is 2.35 bits per heavy atom. The third-order valence-corrected chi connectivity index (χ3v) is 9.65. The number of hydrogen-bond acceptors (Lipinski definition) is 6. The van der Waals surface area contributed by atoms with Crippen LogP contribution < -0.4 is 10.9 Å². The summed E-state index contributed by atoms with van der Waals surface area (Å²) < 4.78 is 3.21. The molecule has 232 valence electrons. The number of amides is 2. The van der Waals surface area contributed by atoms with Gasteiger partial charge in [-0.2, -0.15) is 0 Å². The van der Waals surface area contributed by atoms with E-state index in [1.807, 2.05) is 72.8 Å². The maximum atomic E-state index is 14.3. The summed E-state index contributed by atoms with van der Waals surface area (Å²) in [7, 11) is 1.75. The predicted molar refractivity (Wildman–Crippen MR) is 171 cm³/mol. The second-order valence-corrected chi connectivity index (χ2v) is 12.1. The normalized spacial score (nSPS) is 22.5. The van der Waals surface area contributed by atoms with Crippen molar-refractivity contribution in [2.45, 2.75) is 31.3 Å². The Morgan fingerprint density at radius 1 is 0.913 bits per heavy atom. The maximum absolute atomic E-state index is 14.3. The maximum Gasteiger partial charge on any atom is 0.325 e. The fourth-order valence-corrected chi connectivity index (χ4v) is 7.36. The Balaban J connectivity index is 1.36. The van der Waals surface area contributed by atoms with Crippen LogP contribution in [0.5, 0.6) is 0 Å². The number of rotatable bonds is 8. The molecule has 4 heterocycles. The minimum absolute atomic E-state index is 0.0576. The Kier molecular flexibility index (Phi) is 7.16. The van der Waals surface area contributed by atoms with E-state index in [-0.39, 0.29) is 24.1 Å². The van der Waals surface area contributed by atoms with Crippen LogP contribution in [0.4, 0.5) is 0 Å². The smallest absolute Gasteiger partial charge is 0.325 e. The molecule has 2 fully saturated rings. The van der Waals surface area contributed by atoms with Crippen LogP contribution in [0, 0.1) is 18.8 Å². The zero-order valence-electron chi connectivity index (χ0n) is 25.5. The molecule has 4 atom stereocenters. The van der Waals surface area contributed by atoms with E-state index in [9.17, 15) is 24.3 Å². The van der Waals surface area contributed by atoms with Crippen LogP contribution in [-0.2, 0) is 34.3 Å². The second-order valence-electron chi connectivity index (χ2n) is 12.1. The molecule has 3 aromatic carbocycles. The molecule has 2 aliphatic heterocycles. The molecule has 46 heavy (non-hydrogen) atoms. The lowest BCUT2D eigenvalue weighted by Gasteiger charge is -2.31. The first kappa shape index (κ1) is 29.4. The van der Waals surface area contributed by atoms with Gasteiger partial charge < -0.3 is 5.11 Å². The standard InChI is InChI=1S/C36H33N5O5/c1-22-28(33(43)41(39(22)2)27-13-4-3-5-14-27)31-29-30(34(44)40(32(29)42)19-17-26-12-8-9-18-37-26)36(38-31,35(45)46)21-23-15-16-24-10-6-7-11-25(24)20-23/h3-16,18,20,29-31,38H,17,19,21H2,1-2H3,(H,45,46). The van der Waals surface area contributed by atoms with E-state index < -0.39 is 41.2 Å². The summed E-state index contributed by atoms with van der Waals surface area (Å²) >= 11 is 0. The topological polar surface area (TPSA) is 127 Å². The highest BCUT2D eigenvalue weighted by atomic mass is 16.4. The summed E-state index contributed by atoms with van der Waals surface area (Å²) in [5.74, 6) is -4.62. The third kappa shape index (κ3) is 4.56. The molecule has 0 bridgehead atoms. The van der Waals surface area contributed by atoms with Gasteiger partial charge in [-0.05, 0) is 47.5 Å². The van der Waals surface area contributed by atoms with Crippen molar-refractivity contribution in [1.29, 1.82) is 0 Å². The Morgan fingerprint density at radius 2 is 1.63 bits per heavy atom. The zero-order chi connectivity index (χ0) is 32.2. The van der Waals surface area contributed by atoms with E-state index in [0.29, 0.717) is 29.1 Å². The monoisotopic (exact) mass is 615 g/mol. The quantitative estimate of drug-likeness (QED) is 0.256. The summed E-state index contributed by atoms with van der Waals surface area (Å²) in [5.41, 5.74) is 0.662. The molecule has 0 saturated carbocycles. The van der Waals surface area contributed by atoms with Crippen LogP contribution in [0.3, 0.4) is 0 Å². The van der Waals surface area contributed by atoms with Gasteiger partial charge in [-0.15, -0.1) is 0 Å². The SMILES string of the molecule is Cc1c(C2NC(Cc3ccc4ccccc4c3)(C(=O)O)C3C(=O)N(CCc4ccccn4)C(=O)C23)c(=O)n(-c2ccccc2)n1C. The molecule has 2 amide bonds. The van der Waals surface area contributed by atoms with Crippen molar-refractivity contribution in [3.05, 3.63) is 130 Å². The molecule has 10 heteroatoms. The number of carboxylic acids is 1. The number of carboxylic acid groups (broad SMARTS) is 1. The molecule has 4 unspecified atom stereocenters. The van der Waals surface area contributed by atoms with Crippen molar-refractivity contribution in [3.8, 4) is 5.69 Å². The van der Waals surface area contributed by atoms with E-state index in [1.165, 1.54) is 9.58 Å². The second kappa shape index (κ2) is 11.2. The lowest BCUT2D eigenvalue weighted by Crippen LogP contribution is -2.57. The Hall–Kier alpha value is -5.35. The van der Waals surface area contributed by atoms with Gasteiger partial charge in [0.05, 0.1) is 29.1 Å². The number of likely N-dealkylation sites (tertiary alicyclic amines) is 1. The molecule has 5 aromatic rings. The van der Waals surface area contributed by atoms with E-state index in [4.69, 9.17) is 0 Å². The summed E-state index contributed by atoms with van der Waals surface area (Å²) in [6.45, 7) is 1.83. The minimum Gasteiger partial charge on any atom is -0.480 e. The van der Waals surface area contributed by atoms with Gasteiger partial charge in [-0.1, -0.05) is 66.7 Å². The number of aromatic nitrogens is 3. The molecule has 10 nitrogen and oxygen atoms in total. The van der Waals surface area contributed by atoms with Crippen molar-refractivity contribution < 1.29 is 19.5 Å². The van der Waals surface area contributed by atoms with Gasteiger partial charge in [-0.25, -0.2) is 4.68 Å². The lowest BCUT2D eigenvalue weighted by molar-refractivity contribution is -0.151. The summed E-state index contributed by atoms with van der Waals surface area (Å²) in [4.78, 5) is 61.7. The molecule has 0 aliphatic carbocycles. The van der Waals surface area contributed by atoms with E-state index in [0.717, 1.165) is 10.8 Å². The summed E-state index contributed by atoms with van der Waals surface area (Å²) in [6, 6.07) is 27.0. The van der Waals surface area contributed by atoms with E-state index in [2.05, 4.69) is 10.3 Å². The number of hydrogen-bond donors (Lipinski definition) is 2. The number of carbonyl (C=O) groups is 3. The van der Waals surface area contributed by atoms with Crippen LogP contribution in [0.15, 0.2) is 102 Å². The van der Waals surface area contributed by atoms with Gasteiger partial charge in [0.2, 0.25) is 11.8 Å². The average Bonchev–Trinajstić information content (AvgIpc) is 3.61. The highest BCUT2D eigenvalue weighted by Crippen LogP contribution is 2.50. The number of imide groups is 1. The van der Waals surface area contributed by atoms with Gasteiger partial charge in [-0.3, -0.25) is 39.1 Å². The highest BCUT2D eigenvalue weighted by molar-refractivity contribution is 6.09. The fourth-order valence-electron chi connectivity index (χ4n) is 7.36. The van der Waals surface area contributed by atoms with Crippen LogP contribution in [0.2, 0.25) is 0 Å². The van der Waals surface area contributed by atoms with Crippen molar-refractivity contribution in [1.82, 2.24) is 24.6 Å². The zero-order valence-corrected chi connectivity index (χ0v) is 25.5. The molecular formula is C36H33N5O5. The van der Waals surface area contributed by atoms with Gasteiger partial charge in [0.1, 0.15) is 5.54 Å². The van der Waals surface area contributed by atoms with Crippen LogP contribution in [-0.4, -0.2) is 54.2 Å². The van der Waals surface area contributed by atoms with Crippen molar-refractivity contribution in [2.75, 3.05) is 6.54 Å². The number of para-hydroxylation sites is 1. The molecule has 2 aliphatic rings. The lowest BCUT2D eigenvalue weighted by atomic mass is 9.76. The molecule has 2 aromatic heterocycles. The highest BCUT2D eigenvalue weighted by Gasteiger charge is 2.69. The first-order valence-corrected chi connectivity index (χ1v) is 15.3. The minimum atomic E-state index is -1.85. The number of carbonyl (C=O) groups excluding carboxylic acids is 2. The van der Waals surface area contributed by atoms with Crippen LogP contribution in [0.25, 0.3) is 16.5 Å². The first-order chi connectivity index (χ1) is 22.2. The number of benzene rings is 3. The average molecular weight is 616 g/mol. The number of nitrogens with zero attached hydrogens (tertiary/aromatic N) is 4. The van der Waals surface area contributed by atoms with Gasteiger partial charge in [0, 0.05) is 44.0 Å². The molecule has 2 saturated heterocycles. The van der Waals surface area contributed by atoms with E-state index in [1.54, 1.807) is 43.0 Å². The van der Waals surface area contributed by atoms with Gasteiger partial charge in [0.25, 0.3) is 5.56 Å². The largest absolute Gasteiger partial charge is 0.480 e. The molecule has 0 radical (unpaired) electrons. The fraction of sp³-hybridized carbons (Fsp3) is 0.250. The van der Waals surface area contributed by atoms with Crippen LogP contribution in [0.1, 0.15) is 28.6 Å². The molecular weight excluding hydrogens is 582 g/mol.